The molecule has 0 bridgehead atoms. The minimum Gasteiger partial charge on any atom is -0.409 e. The van der Waals surface area contributed by atoms with Gasteiger partial charge in [0.15, 0.2) is 5.84 Å². The molecule has 4 nitrogen and oxygen atoms in total. The lowest BCUT2D eigenvalue weighted by Gasteiger charge is -2.17. The van der Waals surface area contributed by atoms with Gasteiger partial charge in [-0.05, 0) is 17.4 Å². The maximum atomic E-state index is 8.55. The van der Waals surface area contributed by atoms with E-state index in [-0.39, 0.29) is 5.84 Å². The number of rotatable bonds is 5. The molecule has 1 aromatic rings. The third kappa shape index (κ3) is 5.19. The minimum absolute atomic E-state index is 0.121. The lowest BCUT2D eigenvalue weighted by molar-refractivity contribution is 0.0962. The predicted octanol–water partition coefficient (Wildman–Crippen LogP) is 2.73. The van der Waals surface area contributed by atoms with Crippen molar-refractivity contribution in [2.24, 2.45) is 16.3 Å². The molecule has 100 valence electrons. The van der Waals surface area contributed by atoms with Crippen molar-refractivity contribution in [1.82, 2.24) is 0 Å². The summed E-state index contributed by atoms with van der Waals surface area (Å²) < 4.78 is 5.61. The molecule has 0 unspecified atom stereocenters. The monoisotopic (exact) mass is 250 g/mol. The maximum Gasteiger partial charge on any atom is 0.170 e. The van der Waals surface area contributed by atoms with E-state index in [1.54, 1.807) is 0 Å². The number of hydrogen-bond acceptors (Lipinski definition) is 3. The van der Waals surface area contributed by atoms with E-state index in [9.17, 15) is 0 Å². The fraction of sp³-hybridized carbons (Fsp3) is 0.500. The Kier molecular flexibility index (Phi) is 5.16. The number of nitrogens with two attached hydrogens (primary N) is 1. The van der Waals surface area contributed by atoms with E-state index in [0.717, 1.165) is 18.6 Å². The number of hydrogen-bond donors (Lipinski definition) is 2. The van der Waals surface area contributed by atoms with Gasteiger partial charge in [0.2, 0.25) is 0 Å². The second-order valence-electron chi connectivity index (χ2n) is 5.55. The van der Waals surface area contributed by atoms with E-state index in [2.05, 4.69) is 25.9 Å². The lowest BCUT2D eigenvalue weighted by Crippen LogP contribution is -2.13. The van der Waals surface area contributed by atoms with Gasteiger partial charge in [-0.25, -0.2) is 0 Å². The highest BCUT2D eigenvalue weighted by molar-refractivity contribution is 5.96. The standard InChI is InChI=1S/C14H22N2O2/c1-14(2,3)8-9-18-10-11-4-6-12(7-5-11)13(15)16-17/h4-7,17H,8-10H2,1-3H3,(H2,15,16). The number of amidine groups is 1. The van der Waals surface area contributed by atoms with E-state index >= 15 is 0 Å². The maximum absolute atomic E-state index is 8.55. The first-order valence-electron chi connectivity index (χ1n) is 6.07. The van der Waals surface area contributed by atoms with Crippen LogP contribution in [0.25, 0.3) is 0 Å². The van der Waals surface area contributed by atoms with E-state index < -0.39 is 0 Å². The van der Waals surface area contributed by atoms with Crippen LogP contribution < -0.4 is 5.73 Å². The van der Waals surface area contributed by atoms with E-state index in [0.29, 0.717) is 17.6 Å². The summed E-state index contributed by atoms with van der Waals surface area (Å²) >= 11 is 0. The molecule has 0 fully saturated rings. The van der Waals surface area contributed by atoms with Crippen LogP contribution in [0.5, 0.6) is 0 Å². The average Bonchev–Trinajstić information content (AvgIpc) is 2.33. The van der Waals surface area contributed by atoms with Crippen molar-refractivity contribution in [2.45, 2.75) is 33.8 Å². The fourth-order valence-electron chi connectivity index (χ4n) is 1.40. The van der Waals surface area contributed by atoms with Crippen molar-refractivity contribution in [3.8, 4) is 0 Å². The zero-order valence-corrected chi connectivity index (χ0v) is 11.3. The Morgan fingerprint density at radius 3 is 2.39 bits per heavy atom. The summed E-state index contributed by atoms with van der Waals surface area (Å²) in [5.74, 6) is 0.121. The second kappa shape index (κ2) is 6.40. The molecular formula is C14H22N2O2. The summed E-state index contributed by atoms with van der Waals surface area (Å²) in [5, 5.41) is 11.5. The molecule has 0 heterocycles. The molecule has 0 aliphatic carbocycles. The number of benzene rings is 1. The van der Waals surface area contributed by atoms with E-state index in [4.69, 9.17) is 15.7 Å². The van der Waals surface area contributed by atoms with Crippen molar-refractivity contribution in [3.63, 3.8) is 0 Å². The minimum atomic E-state index is 0.121. The van der Waals surface area contributed by atoms with E-state index in [1.807, 2.05) is 24.3 Å². The van der Waals surface area contributed by atoms with Gasteiger partial charge in [0.25, 0.3) is 0 Å². The normalized spacial score (nSPS) is 12.7. The lowest BCUT2D eigenvalue weighted by atomic mass is 9.93. The Morgan fingerprint density at radius 2 is 1.89 bits per heavy atom. The Hall–Kier alpha value is -1.55. The van der Waals surface area contributed by atoms with Crippen molar-refractivity contribution in [3.05, 3.63) is 35.4 Å². The van der Waals surface area contributed by atoms with Crippen molar-refractivity contribution in [2.75, 3.05) is 6.61 Å². The SMILES string of the molecule is CC(C)(C)CCOCc1ccc(C(N)=NO)cc1. The number of nitrogens with zero attached hydrogens (tertiary/aromatic N) is 1. The van der Waals surface area contributed by atoms with Crippen LogP contribution in [0.15, 0.2) is 29.4 Å². The highest BCUT2D eigenvalue weighted by Crippen LogP contribution is 2.18. The van der Waals surface area contributed by atoms with Crippen molar-refractivity contribution < 1.29 is 9.94 Å². The molecule has 0 aliphatic heterocycles. The Labute approximate surface area is 108 Å². The summed E-state index contributed by atoms with van der Waals surface area (Å²) in [6, 6.07) is 7.48. The zero-order chi connectivity index (χ0) is 13.6. The van der Waals surface area contributed by atoms with Crippen molar-refractivity contribution in [1.29, 1.82) is 0 Å². The first kappa shape index (κ1) is 14.5. The quantitative estimate of drug-likeness (QED) is 0.277. The molecular weight excluding hydrogens is 228 g/mol. The molecule has 18 heavy (non-hydrogen) atoms. The van der Waals surface area contributed by atoms with Crippen LogP contribution in [-0.4, -0.2) is 17.6 Å². The van der Waals surface area contributed by atoms with Gasteiger partial charge in [0.1, 0.15) is 0 Å². The molecule has 0 saturated heterocycles. The van der Waals surface area contributed by atoms with Crippen molar-refractivity contribution >= 4 is 5.84 Å². The average molecular weight is 250 g/mol. The second-order valence-corrected chi connectivity index (χ2v) is 5.55. The molecule has 1 aromatic carbocycles. The largest absolute Gasteiger partial charge is 0.409 e. The third-order valence-electron chi connectivity index (χ3n) is 2.62. The Bertz CT molecular complexity index is 391. The Morgan fingerprint density at radius 1 is 1.28 bits per heavy atom. The molecule has 0 radical (unpaired) electrons. The van der Waals surface area contributed by atoms with Gasteiger partial charge in [-0.15, -0.1) is 0 Å². The van der Waals surface area contributed by atoms with E-state index in [1.165, 1.54) is 0 Å². The fourth-order valence-corrected chi connectivity index (χ4v) is 1.40. The van der Waals surface area contributed by atoms with Crippen LogP contribution in [0.1, 0.15) is 38.3 Å². The smallest absolute Gasteiger partial charge is 0.170 e. The third-order valence-corrected chi connectivity index (χ3v) is 2.62. The van der Waals surface area contributed by atoms with Gasteiger partial charge in [0.05, 0.1) is 6.61 Å². The molecule has 0 spiro atoms. The van der Waals surface area contributed by atoms with Crippen LogP contribution in [0.2, 0.25) is 0 Å². The van der Waals surface area contributed by atoms with Crippen LogP contribution in [0.3, 0.4) is 0 Å². The molecule has 3 N–H and O–H groups in total. The molecule has 0 aromatic heterocycles. The van der Waals surface area contributed by atoms with Crippen LogP contribution in [0, 0.1) is 5.41 Å². The molecule has 1 rings (SSSR count). The molecule has 4 heteroatoms. The number of ether oxygens (including phenoxy) is 1. The van der Waals surface area contributed by atoms with Crippen LogP contribution in [-0.2, 0) is 11.3 Å². The molecule has 0 aliphatic rings. The summed E-state index contributed by atoms with van der Waals surface area (Å²) in [7, 11) is 0. The summed E-state index contributed by atoms with van der Waals surface area (Å²) in [4.78, 5) is 0. The molecule has 0 saturated carbocycles. The van der Waals surface area contributed by atoms with Gasteiger partial charge in [-0.3, -0.25) is 0 Å². The Balaban J connectivity index is 2.40. The molecule has 0 atom stereocenters. The number of oxime groups is 1. The van der Waals surface area contributed by atoms with Crippen LogP contribution in [0.4, 0.5) is 0 Å². The highest BCUT2D eigenvalue weighted by atomic mass is 16.5. The molecule has 0 amide bonds. The summed E-state index contributed by atoms with van der Waals surface area (Å²) in [6.45, 7) is 7.94. The van der Waals surface area contributed by atoms with Gasteiger partial charge in [-0.2, -0.15) is 0 Å². The first-order chi connectivity index (χ1) is 8.42. The topological polar surface area (TPSA) is 67.8 Å². The zero-order valence-electron chi connectivity index (χ0n) is 11.3. The predicted molar refractivity (Wildman–Crippen MR) is 72.7 cm³/mol. The summed E-state index contributed by atoms with van der Waals surface area (Å²) in [6.07, 6.45) is 1.04. The summed E-state index contributed by atoms with van der Waals surface area (Å²) in [5.41, 5.74) is 7.57. The van der Waals surface area contributed by atoms with Crippen LogP contribution >= 0.6 is 0 Å². The first-order valence-corrected chi connectivity index (χ1v) is 6.07. The highest BCUT2D eigenvalue weighted by Gasteiger charge is 2.09. The van der Waals surface area contributed by atoms with Gasteiger partial charge >= 0.3 is 0 Å². The van der Waals surface area contributed by atoms with Gasteiger partial charge in [-0.1, -0.05) is 50.2 Å². The van der Waals surface area contributed by atoms with Gasteiger partial charge < -0.3 is 15.7 Å². The van der Waals surface area contributed by atoms with Gasteiger partial charge in [0, 0.05) is 12.2 Å².